The predicted molar refractivity (Wildman–Crippen MR) is 63.5 cm³/mol. The Morgan fingerprint density at radius 2 is 2.31 bits per heavy atom. The van der Waals surface area contributed by atoms with E-state index in [1.807, 2.05) is 19.1 Å². The highest BCUT2D eigenvalue weighted by atomic mass is 32.2. The number of aromatic nitrogens is 3. The summed E-state index contributed by atoms with van der Waals surface area (Å²) in [6, 6.07) is 3.78. The highest BCUT2D eigenvalue weighted by Crippen LogP contribution is 2.28. The maximum absolute atomic E-state index is 9.59. The predicted octanol–water partition coefficient (Wildman–Crippen LogP) is 2.53. The molecule has 0 aliphatic rings. The van der Waals surface area contributed by atoms with E-state index in [2.05, 4.69) is 14.3 Å². The van der Waals surface area contributed by atoms with Gasteiger partial charge in [0.15, 0.2) is 4.34 Å². The first-order valence-corrected chi connectivity index (χ1v) is 6.47. The van der Waals surface area contributed by atoms with E-state index in [4.69, 9.17) is 0 Å². The topological polar surface area (TPSA) is 58.9 Å². The summed E-state index contributed by atoms with van der Waals surface area (Å²) in [5.41, 5.74) is 0.712. The SMILES string of the molecule is CCC(O)c1ccc(Sc2ncns2)cn1. The van der Waals surface area contributed by atoms with Gasteiger partial charge in [-0.2, -0.15) is 4.37 Å². The number of aliphatic hydroxyl groups excluding tert-OH is 1. The van der Waals surface area contributed by atoms with Gasteiger partial charge in [-0.25, -0.2) is 4.98 Å². The molecule has 2 heterocycles. The maximum Gasteiger partial charge on any atom is 0.174 e. The molecule has 6 heteroatoms. The van der Waals surface area contributed by atoms with Gasteiger partial charge in [0.05, 0.1) is 11.8 Å². The number of pyridine rings is 1. The molecule has 2 aromatic rings. The van der Waals surface area contributed by atoms with E-state index < -0.39 is 6.10 Å². The molecule has 0 aliphatic carbocycles. The van der Waals surface area contributed by atoms with Crippen LogP contribution in [-0.2, 0) is 0 Å². The van der Waals surface area contributed by atoms with E-state index in [0.29, 0.717) is 12.1 Å². The van der Waals surface area contributed by atoms with Crippen LogP contribution < -0.4 is 0 Å². The molecule has 0 saturated carbocycles. The van der Waals surface area contributed by atoms with Crippen molar-refractivity contribution >= 4 is 23.3 Å². The van der Waals surface area contributed by atoms with E-state index in [0.717, 1.165) is 9.24 Å². The highest BCUT2D eigenvalue weighted by Gasteiger charge is 2.06. The Kier molecular flexibility index (Phi) is 3.87. The number of hydrogen-bond acceptors (Lipinski definition) is 6. The second kappa shape index (κ2) is 5.38. The molecule has 0 aromatic carbocycles. The van der Waals surface area contributed by atoms with Crippen molar-refractivity contribution in [3.8, 4) is 0 Å². The lowest BCUT2D eigenvalue weighted by atomic mass is 10.2. The molecule has 1 unspecified atom stereocenters. The van der Waals surface area contributed by atoms with Gasteiger partial charge in [0.2, 0.25) is 0 Å². The van der Waals surface area contributed by atoms with Crippen LogP contribution in [0.3, 0.4) is 0 Å². The van der Waals surface area contributed by atoms with E-state index >= 15 is 0 Å². The molecule has 0 radical (unpaired) electrons. The van der Waals surface area contributed by atoms with Gasteiger partial charge in [-0.15, -0.1) is 0 Å². The summed E-state index contributed by atoms with van der Waals surface area (Å²) in [5.74, 6) is 0. The Bertz CT molecular complexity index is 430. The Hall–Kier alpha value is -0.980. The molecule has 1 atom stereocenters. The Labute approximate surface area is 102 Å². The first-order chi connectivity index (χ1) is 7.79. The molecule has 2 aromatic heterocycles. The normalized spacial score (nSPS) is 12.6. The second-order valence-electron chi connectivity index (χ2n) is 3.15. The standard InChI is InChI=1S/C10H11N3OS2/c1-2-9(14)8-4-3-7(5-11-8)15-10-12-6-13-16-10/h3-6,9,14H,2H2,1H3. The van der Waals surface area contributed by atoms with Gasteiger partial charge in [0.25, 0.3) is 0 Å². The minimum absolute atomic E-state index is 0.472. The van der Waals surface area contributed by atoms with E-state index in [1.54, 1.807) is 6.20 Å². The summed E-state index contributed by atoms with van der Waals surface area (Å²) in [7, 11) is 0. The van der Waals surface area contributed by atoms with Crippen molar-refractivity contribution < 1.29 is 5.11 Å². The van der Waals surface area contributed by atoms with E-state index in [1.165, 1.54) is 29.6 Å². The van der Waals surface area contributed by atoms with Crippen molar-refractivity contribution in [3.63, 3.8) is 0 Å². The quantitative estimate of drug-likeness (QED) is 0.907. The molecule has 0 amide bonds. The summed E-state index contributed by atoms with van der Waals surface area (Å²) in [6.45, 7) is 1.93. The van der Waals surface area contributed by atoms with Crippen molar-refractivity contribution in [2.75, 3.05) is 0 Å². The first kappa shape index (κ1) is 11.5. The lowest BCUT2D eigenvalue weighted by molar-refractivity contribution is 0.169. The molecular weight excluding hydrogens is 242 g/mol. The molecule has 1 N–H and O–H groups in total. The molecule has 2 rings (SSSR count). The average Bonchev–Trinajstić information content (AvgIpc) is 2.82. The van der Waals surface area contributed by atoms with Gasteiger partial charge < -0.3 is 5.11 Å². The number of hydrogen-bond donors (Lipinski definition) is 1. The van der Waals surface area contributed by atoms with Crippen molar-refractivity contribution in [1.82, 2.24) is 14.3 Å². The van der Waals surface area contributed by atoms with Crippen LogP contribution in [0.1, 0.15) is 25.1 Å². The highest BCUT2D eigenvalue weighted by molar-refractivity contribution is 8.01. The Balaban J connectivity index is 2.07. The van der Waals surface area contributed by atoms with Crippen LogP contribution in [0.2, 0.25) is 0 Å². The molecule has 0 fully saturated rings. The zero-order chi connectivity index (χ0) is 11.4. The number of nitrogens with zero attached hydrogens (tertiary/aromatic N) is 3. The van der Waals surface area contributed by atoms with Crippen LogP contribution in [0, 0.1) is 0 Å². The fourth-order valence-corrected chi connectivity index (χ4v) is 2.56. The van der Waals surface area contributed by atoms with Crippen molar-refractivity contribution in [1.29, 1.82) is 0 Å². The summed E-state index contributed by atoms with van der Waals surface area (Å²) in [5, 5.41) is 9.59. The van der Waals surface area contributed by atoms with Crippen molar-refractivity contribution in [2.45, 2.75) is 28.7 Å². The largest absolute Gasteiger partial charge is 0.387 e. The van der Waals surface area contributed by atoms with Crippen LogP contribution in [0.25, 0.3) is 0 Å². The molecular formula is C10H11N3OS2. The van der Waals surface area contributed by atoms with Crippen LogP contribution >= 0.6 is 23.3 Å². The van der Waals surface area contributed by atoms with Gasteiger partial charge in [-0.1, -0.05) is 18.7 Å². The monoisotopic (exact) mass is 253 g/mol. The third-order valence-electron chi connectivity index (χ3n) is 2.03. The van der Waals surface area contributed by atoms with Crippen LogP contribution in [0.15, 0.2) is 33.9 Å². The Morgan fingerprint density at radius 3 is 2.88 bits per heavy atom. The summed E-state index contributed by atoms with van der Waals surface area (Å²) >= 11 is 2.88. The lowest BCUT2D eigenvalue weighted by Gasteiger charge is -2.06. The van der Waals surface area contributed by atoms with E-state index in [-0.39, 0.29) is 0 Å². The number of aliphatic hydroxyl groups is 1. The smallest absolute Gasteiger partial charge is 0.174 e. The molecule has 84 valence electrons. The fraction of sp³-hybridized carbons (Fsp3) is 0.300. The van der Waals surface area contributed by atoms with Crippen molar-refractivity contribution in [2.24, 2.45) is 0 Å². The first-order valence-electron chi connectivity index (χ1n) is 4.88. The molecule has 0 saturated heterocycles. The molecule has 0 bridgehead atoms. The second-order valence-corrected chi connectivity index (χ2v) is 5.25. The number of rotatable bonds is 4. The minimum Gasteiger partial charge on any atom is -0.387 e. The maximum atomic E-state index is 9.59. The molecule has 0 aliphatic heterocycles. The average molecular weight is 253 g/mol. The molecule has 16 heavy (non-hydrogen) atoms. The van der Waals surface area contributed by atoms with Gasteiger partial charge in [-0.3, -0.25) is 4.98 Å². The fourth-order valence-electron chi connectivity index (χ4n) is 1.17. The lowest BCUT2D eigenvalue weighted by Crippen LogP contribution is -1.97. The van der Waals surface area contributed by atoms with Crippen LogP contribution in [0.4, 0.5) is 0 Å². The summed E-state index contributed by atoms with van der Waals surface area (Å²) in [6.07, 6.45) is 3.49. The molecule has 4 nitrogen and oxygen atoms in total. The van der Waals surface area contributed by atoms with Gasteiger partial charge in [0.1, 0.15) is 6.33 Å². The van der Waals surface area contributed by atoms with Crippen LogP contribution in [0.5, 0.6) is 0 Å². The van der Waals surface area contributed by atoms with Gasteiger partial charge in [0, 0.05) is 11.1 Å². The van der Waals surface area contributed by atoms with Gasteiger partial charge in [-0.05, 0) is 30.1 Å². The van der Waals surface area contributed by atoms with E-state index in [9.17, 15) is 5.11 Å². The van der Waals surface area contributed by atoms with Gasteiger partial charge >= 0.3 is 0 Å². The third kappa shape index (κ3) is 2.78. The Morgan fingerprint density at radius 1 is 1.44 bits per heavy atom. The summed E-state index contributed by atoms with van der Waals surface area (Å²) < 4.78 is 4.82. The zero-order valence-electron chi connectivity index (χ0n) is 8.70. The summed E-state index contributed by atoms with van der Waals surface area (Å²) in [4.78, 5) is 9.30. The molecule has 0 spiro atoms. The minimum atomic E-state index is -0.472. The zero-order valence-corrected chi connectivity index (χ0v) is 10.3. The van der Waals surface area contributed by atoms with Crippen molar-refractivity contribution in [3.05, 3.63) is 30.4 Å². The third-order valence-corrected chi connectivity index (χ3v) is 3.73. The van der Waals surface area contributed by atoms with Crippen LogP contribution in [-0.4, -0.2) is 19.4 Å².